The lowest BCUT2D eigenvalue weighted by atomic mass is 10.1. The van der Waals surface area contributed by atoms with E-state index >= 15 is 0 Å². The first-order valence-electron chi connectivity index (χ1n) is 5.71. The Kier molecular flexibility index (Phi) is 6.89. The minimum absolute atomic E-state index is 0.0588. The van der Waals surface area contributed by atoms with Crippen LogP contribution in [0, 0.1) is 11.3 Å². The molecule has 0 amide bonds. The van der Waals surface area contributed by atoms with Gasteiger partial charge in [0.15, 0.2) is 6.29 Å². The highest BCUT2D eigenvalue weighted by Gasteiger charge is 2.14. The average Bonchev–Trinajstić information content (AvgIpc) is 2.75. The predicted octanol–water partition coefficient (Wildman–Crippen LogP) is 2.78. The van der Waals surface area contributed by atoms with Crippen molar-refractivity contribution in [3.8, 4) is 6.07 Å². The van der Waals surface area contributed by atoms with Gasteiger partial charge in [-0.25, -0.2) is 0 Å². The van der Waals surface area contributed by atoms with E-state index in [-0.39, 0.29) is 6.29 Å². The number of hydrogen-bond acceptors (Lipinski definition) is 3. The van der Waals surface area contributed by atoms with Crippen LogP contribution in [0.2, 0.25) is 0 Å². The molecule has 3 nitrogen and oxygen atoms in total. The summed E-state index contributed by atoms with van der Waals surface area (Å²) in [7, 11) is 0. The molecule has 0 saturated carbocycles. The normalized spacial score (nSPS) is 17.3. The topological polar surface area (TPSA) is 42.2 Å². The van der Waals surface area contributed by atoms with Gasteiger partial charge in [0, 0.05) is 6.08 Å². The van der Waals surface area contributed by atoms with Crippen molar-refractivity contribution in [3.63, 3.8) is 0 Å². The minimum Gasteiger partial charge on any atom is -0.350 e. The molecule has 0 atom stereocenters. The highest BCUT2D eigenvalue weighted by molar-refractivity contribution is 5.01. The Morgan fingerprint density at radius 2 is 1.87 bits per heavy atom. The van der Waals surface area contributed by atoms with Gasteiger partial charge in [-0.1, -0.05) is 18.9 Å². The quantitative estimate of drug-likeness (QED) is 0.478. The number of nitrogens with zero attached hydrogens (tertiary/aromatic N) is 1. The monoisotopic (exact) mass is 209 g/mol. The Labute approximate surface area is 91.7 Å². The van der Waals surface area contributed by atoms with Crippen molar-refractivity contribution in [2.45, 2.75) is 44.8 Å². The van der Waals surface area contributed by atoms with Gasteiger partial charge in [0.25, 0.3) is 0 Å². The second kappa shape index (κ2) is 8.46. The Balaban J connectivity index is 1.81. The molecule has 0 aromatic rings. The van der Waals surface area contributed by atoms with Crippen LogP contribution >= 0.6 is 0 Å². The summed E-state index contributed by atoms with van der Waals surface area (Å²) in [6.45, 7) is 1.51. The van der Waals surface area contributed by atoms with Gasteiger partial charge in [0.1, 0.15) is 0 Å². The van der Waals surface area contributed by atoms with Crippen LogP contribution in [0.4, 0.5) is 0 Å². The molecule has 0 aromatic carbocycles. The first kappa shape index (κ1) is 12.2. The van der Waals surface area contributed by atoms with Crippen LogP contribution in [0.15, 0.2) is 12.2 Å². The fourth-order valence-electron chi connectivity index (χ4n) is 1.64. The molecule has 15 heavy (non-hydrogen) atoms. The molecule has 0 aromatic heterocycles. The van der Waals surface area contributed by atoms with Crippen LogP contribution < -0.4 is 0 Å². The van der Waals surface area contributed by atoms with Gasteiger partial charge in [-0.3, -0.25) is 0 Å². The number of allylic oxidation sites excluding steroid dienone is 2. The van der Waals surface area contributed by atoms with Crippen molar-refractivity contribution in [2.75, 3.05) is 13.2 Å². The average molecular weight is 209 g/mol. The standard InChI is InChI=1S/C12H19NO2/c13-9-7-5-3-1-2-4-6-8-12-14-10-11-15-12/h5,7,12H,1-4,6,8,10-11H2. The summed E-state index contributed by atoms with van der Waals surface area (Å²) in [6, 6.07) is 1.99. The van der Waals surface area contributed by atoms with Crippen LogP contribution in [0.5, 0.6) is 0 Å². The third kappa shape index (κ3) is 6.27. The lowest BCUT2D eigenvalue weighted by Gasteiger charge is -2.07. The molecule has 0 bridgehead atoms. The Bertz CT molecular complexity index is 214. The number of nitriles is 1. The van der Waals surface area contributed by atoms with E-state index in [4.69, 9.17) is 14.7 Å². The van der Waals surface area contributed by atoms with Gasteiger partial charge >= 0.3 is 0 Å². The lowest BCUT2D eigenvalue weighted by Crippen LogP contribution is -2.06. The molecule has 1 rings (SSSR count). The molecule has 1 saturated heterocycles. The van der Waals surface area contributed by atoms with E-state index < -0.39 is 0 Å². The summed E-state index contributed by atoms with van der Waals surface area (Å²) < 4.78 is 10.7. The van der Waals surface area contributed by atoms with Crippen LogP contribution in [0.3, 0.4) is 0 Å². The van der Waals surface area contributed by atoms with E-state index in [1.165, 1.54) is 25.7 Å². The highest BCUT2D eigenvalue weighted by atomic mass is 16.7. The number of rotatable bonds is 7. The van der Waals surface area contributed by atoms with Gasteiger partial charge in [-0.15, -0.1) is 0 Å². The number of hydrogen-bond donors (Lipinski definition) is 0. The zero-order valence-corrected chi connectivity index (χ0v) is 9.15. The molecular formula is C12H19NO2. The molecule has 0 radical (unpaired) electrons. The minimum atomic E-state index is 0.0588. The van der Waals surface area contributed by atoms with E-state index in [2.05, 4.69) is 0 Å². The largest absolute Gasteiger partial charge is 0.350 e. The fourth-order valence-corrected chi connectivity index (χ4v) is 1.64. The first-order chi connectivity index (χ1) is 7.43. The molecule has 1 aliphatic heterocycles. The van der Waals surface area contributed by atoms with Gasteiger partial charge in [-0.2, -0.15) is 5.26 Å². The zero-order chi connectivity index (χ0) is 10.8. The molecule has 0 spiro atoms. The maximum absolute atomic E-state index is 8.26. The molecule has 1 fully saturated rings. The van der Waals surface area contributed by atoms with Gasteiger partial charge in [-0.05, 0) is 25.7 Å². The maximum Gasteiger partial charge on any atom is 0.157 e. The van der Waals surface area contributed by atoms with Crippen molar-refractivity contribution in [1.29, 1.82) is 5.26 Å². The van der Waals surface area contributed by atoms with Crippen molar-refractivity contribution in [2.24, 2.45) is 0 Å². The lowest BCUT2D eigenvalue weighted by molar-refractivity contribution is -0.0480. The predicted molar refractivity (Wildman–Crippen MR) is 58.1 cm³/mol. The molecule has 1 aliphatic rings. The summed E-state index contributed by atoms with van der Waals surface area (Å²) in [5, 5.41) is 8.26. The smallest absolute Gasteiger partial charge is 0.157 e. The van der Waals surface area contributed by atoms with Crippen LogP contribution in [0.25, 0.3) is 0 Å². The van der Waals surface area contributed by atoms with Gasteiger partial charge in [0.2, 0.25) is 0 Å². The van der Waals surface area contributed by atoms with E-state index in [1.807, 2.05) is 12.1 Å². The summed E-state index contributed by atoms with van der Waals surface area (Å²) >= 11 is 0. The van der Waals surface area contributed by atoms with Crippen LogP contribution in [0.1, 0.15) is 38.5 Å². The molecule has 0 N–H and O–H groups in total. The Hall–Kier alpha value is -0.850. The summed E-state index contributed by atoms with van der Waals surface area (Å²) in [4.78, 5) is 0. The molecular weight excluding hydrogens is 190 g/mol. The fraction of sp³-hybridized carbons (Fsp3) is 0.750. The van der Waals surface area contributed by atoms with E-state index in [0.29, 0.717) is 0 Å². The molecule has 1 heterocycles. The van der Waals surface area contributed by atoms with Crippen molar-refractivity contribution >= 4 is 0 Å². The van der Waals surface area contributed by atoms with E-state index in [0.717, 1.165) is 26.1 Å². The van der Waals surface area contributed by atoms with Crippen molar-refractivity contribution in [3.05, 3.63) is 12.2 Å². The first-order valence-corrected chi connectivity index (χ1v) is 5.71. The summed E-state index contributed by atoms with van der Waals surface area (Å²) in [6.07, 6.45) is 10.4. The second-order valence-corrected chi connectivity index (χ2v) is 3.69. The molecule has 0 unspecified atom stereocenters. The second-order valence-electron chi connectivity index (χ2n) is 3.69. The van der Waals surface area contributed by atoms with Crippen LogP contribution in [-0.4, -0.2) is 19.5 Å². The summed E-state index contributed by atoms with van der Waals surface area (Å²) in [5.41, 5.74) is 0. The molecule has 3 heteroatoms. The molecule has 0 aliphatic carbocycles. The number of unbranched alkanes of at least 4 members (excludes halogenated alkanes) is 4. The van der Waals surface area contributed by atoms with Gasteiger partial charge < -0.3 is 9.47 Å². The SMILES string of the molecule is N#CC=CCCCCCCC1OCCO1. The zero-order valence-electron chi connectivity index (χ0n) is 9.15. The third-order valence-corrected chi connectivity index (χ3v) is 2.44. The summed E-state index contributed by atoms with van der Waals surface area (Å²) in [5.74, 6) is 0. The number of ether oxygens (including phenoxy) is 2. The van der Waals surface area contributed by atoms with E-state index in [9.17, 15) is 0 Å². The van der Waals surface area contributed by atoms with Gasteiger partial charge in [0.05, 0.1) is 19.3 Å². The molecule has 84 valence electrons. The third-order valence-electron chi connectivity index (χ3n) is 2.44. The van der Waals surface area contributed by atoms with Crippen molar-refractivity contribution in [1.82, 2.24) is 0 Å². The Morgan fingerprint density at radius 1 is 1.13 bits per heavy atom. The van der Waals surface area contributed by atoms with Crippen LogP contribution in [-0.2, 0) is 9.47 Å². The Morgan fingerprint density at radius 3 is 2.60 bits per heavy atom. The van der Waals surface area contributed by atoms with E-state index in [1.54, 1.807) is 6.08 Å². The van der Waals surface area contributed by atoms with Crippen molar-refractivity contribution < 1.29 is 9.47 Å². The highest BCUT2D eigenvalue weighted by Crippen LogP contribution is 2.13. The maximum atomic E-state index is 8.26.